The van der Waals surface area contributed by atoms with E-state index in [-0.39, 0.29) is 0 Å². The van der Waals surface area contributed by atoms with Crippen molar-refractivity contribution in [3.8, 4) is 0 Å². The van der Waals surface area contributed by atoms with Gasteiger partial charge in [0.2, 0.25) is 0 Å². The second-order valence-corrected chi connectivity index (χ2v) is 3.87. The lowest BCUT2D eigenvalue weighted by molar-refractivity contribution is 0.830. The number of nitrogens with zero attached hydrogens (tertiary/aromatic N) is 1. The molecule has 0 aliphatic carbocycles. The quantitative estimate of drug-likeness (QED) is 0.741. The second kappa shape index (κ2) is 4.84. The molecule has 1 aromatic carbocycles. The minimum absolute atomic E-state index is 0.915. The van der Waals surface area contributed by atoms with Crippen LogP contribution in [0.25, 0.3) is 0 Å². The maximum absolute atomic E-state index is 5.40. The Morgan fingerprint density at radius 1 is 1.50 bits per heavy atom. The first kappa shape index (κ1) is 10.7. The third-order valence-corrected chi connectivity index (χ3v) is 2.84. The number of benzene rings is 1. The number of anilines is 1. The van der Waals surface area contributed by atoms with Crippen LogP contribution in [0.5, 0.6) is 0 Å². The molecule has 1 aliphatic heterocycles. The Morgan fingerprint density at radius 2 is 2.38 bits per heavy atom. The van der Waals surface area contributed by atoms with Gasteiger partial charge in [-0.3, -0.25) is 4.99 Å². The molecule has 16 heavy (non-hydrogen) atoms. The van der Waals surface area contributed by atoms with Crippen LogP contribution in [0.3, 0.4) is 0 Å². The van der Waals surface area contributed by atoms with Gasteiger partial charge in [-0.05, 0) is 36.7 Å². The number of allylic oxidation sites excluding steroid dienone is 1. The minimum Gasteiger partial charge on any atom is -0.405 e. The van der Waals surface area contributed by atoms with Gasteiger partial charge in [-0.15, -0.1) is 0 Å². The lowest BCUT2D eigenvalue weighted by Gasteiger charge is -2.18. The van der Waals surface area contributed by atoms with Crippen molar-refractivity contribution >= 4 is 11.4 Å². The predicted octanol–water partition coefficient (Wildman–Crippen LogP) is 1.94. The highest BCUT2D eigenvalue weighted by atomic mass is 14.9. The summed E-state index contributed by atoms with van der Waals surface area (Å²) in [6.07, 6.45) is 5.72. The molecule has 2 rings (SSSR count). The van der Waals surface area contributed by atoms with Crippen LogP contribution in [0.2, 0.25) is 0 Å². The molecule has 0 bridgehead atoms. The van der Waals surface area contributed by atoms with Crippen molar-refractivity contribution in [1.29, 1.82) is 0 Å². The Hall–Kier alpha value is -1.77. The van der Waals surface area contributed by atoms with Crippen LogP contribution in [0.4, 0.5) is 5.69 Å². The Balaban J connectivity index is 2.36. The van der Waals surface area contributed by atoms with Crippen molar-refractivity contribution in [3.05, 3.63) is 41.6 Å². The summed E-state index contributed by atoms with van der Waals surface area (Å²) in [4.78, 5) is 4.22. The third kappa shape index (κ3) is 2.08. The molecule has 0 radical (unpaired) electrons. The predicted molar refractivity (Wildman–Crippen MR) is 69.0 cm³/mol. The number of aliphatic imine (C=N–C) groups is 1. The Bertz CT molecular complexity index is 433. The first-order chi connectivity index (χ1) is 7.85. The highest BCUT2D eigenvalue weighted by Crippen LogP contribution is 2.23. The van der Waals surface area contributed by atoms with E-state index >= 15 is 0 Å². The fourth-order valence-corrected chi connectivity index (χ4v) is 2.01. The van der Waals surface area contributed by atoms with Crippen molar-refractivity contribution < 1.29 is 0 Å². The standard InChI is InChI=1S/C13H17N3/c1-15-12(6-7-14)11-5-4-10-3-2-8-16-13(10)9-11/h4-7,9,16H,2-3,8,14H2,1H3. The molecule has 84 valence electrons. The monoisotopic (exact) mass is 215 g/mol. The van der Waals surface area contributed by atoms with Gasteiger partial charge >= 0.3 is 0 Å². The number of rotatable bonds is 2. The fraction of sp³-hybridized carbons (Fsp3) is 0.308. The summed E-state index contributed by atoms with van der Waals surface area (Å²) >= 11 is 0. The van der Waals surface area contributed by atoms with Gasteiger partial charge in [0.1, 0.15) is 0 Å². The van der Waals surface area contributed by atoms with Crippen molar-refractivity contribution in [2.24, 2.45) is 10.7 Å². The van der Waals surface area contributed by atoms with Crippen LogP contribution in [-0.4, -0.2) is 19.3 Å². The summed E-state index contributed by atoms with van der Waals surface area (Å²) in [6.45, 7) is 1.06. The Morgan fingerprint density at radius 3 is 3.12 bits per heavy atom. The molecule has 0 unspecified atom stereocenters. The van der Waals surface area contributed by atoms with Crippen LogP contribution in [0.1, 0.15) is 17.5 Å². The number of nitrogens with two attached hydrogens (primary N) is 1. The smallest absolute Gasteiger partial charge is 0.0658 e. The normalized spacial score (nSPS) is 15.9. The number of fused-ring (bicyclic) bond motifs is 1. The van der Waals surface area contributed by atoms with E-state index in [0.717, 1.165) is 24.2 Å². The first-order valence-corrected chi connectivity index (χ1v) is 5.57. The maximum atomic E-state index is 5.40. The van der Waals surface area contributed by atoms with E-state index in [1.54, 1.807) is 7.05 Å². The van der Waals surface area contributed by atoms with Gasteiger partial charge in [0.15, 0.2) is 0 Å². The zero-order valence-corrected chi connectivity index (χ0v) is 9.53. The summed E-state index contributed by atoms with van der Waals surface area (Å²) in [5.74, 6) is 0. The third-order valence-electron chi connectivity index (χ3n) is 2.84. The van der Waals surface area contributed by atoms with E-state index < -0.39 is 0 Å². The number of hydrogen-bond acceptors (Lipinski definition) is 3. The summed E-state index contributed by atoms with van der Waals surface area (Å²) in [5, 5.41) is 3.41. The maximum Gasteiger partial charge on any atom is 0.0658 e. The molecule has 0 saturated carbocycles. The van der Waals surface area contributed by atoms with E-state index in [4.69, 9.17) is 5.73 Å². The van der Waals surface area contributed by atoms with Gasteiger partial charge in [-0.1, -0.05) is 12.1 Å². The fourth-order valence-electron chi connectivity index (χ4n) is 2.01. The average molecular weight is 215 g/mol. The van der Waals surface area contributed by atoms with Crippen LogP contribution >= 0.6 is 0 Å². The lowest BCUT2D eigenvalue weighted by Crippen LogP contribution is -2.12. The van der Waals surface area contributed by atoms with Gasteiger partial charge in [0, 0.05) is 24.8 Å². The second-order valence-electron chi connectivity index (χ2n) is 3.87. The molecule has 3 heteroatoms. The van der Waals surface area contributed by atoms with Crippen molar-refractivity contribution in [2.45, 2.75) is 12.8 Å². The van der Waals surface area contributed by atoms with Crippen LogP contribution in [0, 0.1) is 0 Å². The zero-order chi connectivity index (χ0) is 11.4. The number of aryl methyl sites for hydroxylation is 1. The molecule has 1 heterocycles. The largest absolute Gasteiger partial charge is 0.405 e. The first-order valence-electron chi connectivity index (χ1n) is 5.57. The van der Waals surface area contributed by atoms with E-state index in [1.165, 1.54) is 23.9 Å². The summed E-state index contributed by atoms with van der Waals surface area (Å²) in [6, 6.07) is 6.43. The molecule has 0 aromatic heterocycles. The Labute approximate surface area is 96.1 Å². The van der Waals surface area contributed by atoms with Gasteiger partial charge < -0.3 is 11.1 Å². The van der Waals surface area contributed by atoms with Gasteiger partial charge in [-0.25, -0.2) is 0 Å². The van der Waals surface area contributed by atoms with Crippen molar-refractivity contribution in [3.63, 3.8) is 0 Å². The highest BCUT2D eigenvalue weighted by molar-refractivity contribution is 6.09. The van der Waals surface area contributed by atoms with E-state index in [2.05, 4.69) is 28.5 Å². The molecule has 0 fully saturated rings. The van der Waals surface area contributed by atoms with Crippen molar-refractivity contribution in [2.75, 3.05) is 18.9 Å². The molecule has 1 aromatic rings. The molecule has 3 nitrogen and oxygen atoms in total. The summed E-state index contributed by atoms with van der Waals surface area (Å²) < 4.78 is 0. The average Bonchev–Trinajstić information content (AvgIpc) is 2.35. The van der Waals surface area contributed by atoms with Crippen LogP contribution in [0.15, 0.2) is 35.5 Å². The number of nitrogens with one attached hydrogen (secondary N) is 1. The van der Waals surface area contributed by atoms with Crippen molar-refractivity contribution in [1.82, 2.24) is 0 Å². The number of hydrogen-bond donors (Lipinski definition) is 2. The summed E-state index contributed by atoms with van der Waals surface area (Å²) in [5.41, 5.74) is 10.0. The van der Waals surface area contributed by atoms with E-state index in [0.29, 0.717) is 0 Å². The van der Waals surface area contributed by atoms with Crippen LogP contribution in [-0.2, 0) is 6.42 Å². The van der Waals surface area contributed by atoms with E-state index in [9.17, 15) is 0 Å². The molecule has 3 N–H and O–H groups in total. The van der Waals surface area contributed by atoms with Gasteiger partial charge in [-0.2, -0.15) is 0 Å². The molecule has 0 atom stereocenters. The molecule has 0 amide bonds. The molecular weight excluding hydrogens is 198 g/mol. The van der Waals surface area contributed by atoms with Gasteiger partial charge in [0.05, 0.1) is 5.71 Å². The molecule has 0 saturated heterocycles. The highest BCUT2D eigenvalue weighted by Gasteiger charge is 2.09. The van der Waals surface area contributed by atoms with Crippen LogP contribution < -0.4 is 11.1 Å². The van der Waals surface area contributed by atoms with Gasteiger partial charge in [0.25, 0.3) is 0 Å². The SMILES string of the molecule is CN=C(C=CN)c1ccc2c(c1)NCCC2. The Kier molecular flexibility index (Phi) is 3.25. The molecular formula is C13H17N3. The molecule has 0 spiro atoms. The van der Waals surface area contributed by atoms with E-state index in [1.807, 2.05) is 6.08 Å². The topological polar surface area (TPSA) is 50.4 Å². The molecule has 1 aliphatic rings. The minimum atomic E-state index is 0.915. The zero-order valence-electron chi connectivity index (χ0n) is 9.53. The summed E-state index contributed by atoms with van der Waals surface area (Å²) in [7, 11) is 1.78. The lowest BCUT2D eigenvalue weighted by atomic mass is 9.99.